The van der Waals surface area contributed by atoms with Gasteiger partial charge < -0.3 is 10.2 Å². The van der Waals surface area contributed by atoms with Crippen LogP contribution in [0.4, 0.5) is 16.2 Å². The van der Waals surface area contributed by atoms with Crippen LogP contribution < -0.4 is 5.32 Å². The quantitative estimate of drug-likeness (QED) is 0.464. The fraction of sp³-hybridized carbons (Fsp3) is 0.458. The Labute approximate surface area is 184 Å². The van der Waals surface area contributed by atoms with Gasteiger partial charge in [0.05, 0.1) is 11.0 Å². The lowest BCUT2D eigenvalue weighted by Crippen LogP contribution is -2.35. The molecule has 0 unspecified atom stereocenters. The van der Waals surface area contributed by atoms with Gasteiger partial charge in [-0.05, 0) is 44.0 Å². The summed E-state index contributed by atoms with van der Waals surface area (Å²) in [6.07, 6.45) is 6.36. The van der Waals surface area contributed by atoms with Gasteiger partial charge in [-0.25, -0.2) is 4.79 Å². The van der Waals surface area contributed by atoms with Crippen molar-refractivity contribution in [2.24, 2.45) is 0 Å². The highest BCUT2D eigenvalue weighted by atomic mass is 16.6. The van der Waals surface area contributed by atoms with Gasteiger partial charge in [-0.2, -0.15) is 0 Å². The second-order valence-electron chi connectivity index (χ2n) is 8.43. The molecule has 1 aliphatic carbocycles. The molecule has 1 aliphatic rings. The van der Waals surface area contributed by atoms with Gasteiger partial charge in [-0.3, -0.25) is 15.0 Å². The van der Waals surface area contributed by atoms with Gasteiger partial charge >= 0.3 is 6.03 Å². The predicted molar refractivity (Wildman–Crippen MR) is 123 cm³/mol. The highest BCUT2D eigenvalue weighted by molar-refractivity contribution is 5.90. The summed E-state index contributed by atoms with van der Waals surface area (Å²) in [7, 11) is 3.86. The van der Waals surface area contributed by atoms with Crippen LogP contribution in [0.1, 0.15) is 56.2 Å². The van der Waals surface area contributed by atoms with Crippen LogP contribution >= 0.6 is 0 Å². The molecule has 7 heteroatoms. The van der Waals surface area contributed by atoms with Gasteiger partial charge in [0.1, 0.15) is 0 Å². The van der Waals surface area contributed by atoms with Gasteiger partial charge in [0, 0.05) is 37.5 Å². The molecule has 0 bridgehead atoms. The normalized spacial score (nSPS) is 15.5. The first-order valence-corrected chi connectivity index (χ1v) is 10.9. The fourth-order valence-corrected chi connectivity index (χ4v) is 4.20. The van der Waals surface area contributed by atoms with Crippen molar-refractivity contribution in [3.05, 3.63) is 69.8 Å². The Bertz CT molecular complexity index is 911. The number of hydrogen-bond acceptors (Lipinski definition) is 4. The number of anilines is 1. The van der Waals surface area contributed by atoms with E-state index in [2.05, 4.69) is 23.3 Å². The molecule has 0 saturated heterocycles. The first-order valence-electron chi connectivity index (χ1n) is 10.9. The number of nitro groups is 1. The third kappa shape index (κ3) is 5.82. The van der Waals surface area contributed by atoms with E-state index in [0.29, 0.717) is 6.04 Å². The zero-order chi connectivity index (χ0) is 22.4. The van der Waals surface area contributed by atoms with Crippen molar-refractivity contribution in [2.45, 2.75) is 57.7 Å². The topological polar surface area (TPSA) is 78.7 Å². The average molecular weight is 425 g/mol. The maximum atomic E-state index is 13.0. The summed E-state index contributed by atoms with van der Waals surface area (Å²) in [6.45, 7) is 2.65. The molecular weight excluding hydrogens is 392 g/mol. The summed E-state index contributed by atoms with van der Waals surface area (Å²) in [5.74, 6) is 0. The van der Waals surface area contributed by atoms with E-state index in [1.165, 1.54) is 44.2 Å². The number of hydrogen-bond donors (Lipinski definition) is 1. The Hall–Kier alpha value is -2.93. The van der Waals surface area contributed by atoms with Crippen molar-refractivity contribution in [2.75, 3.05) is 19.4 Å². The summed E-state index contributed by atoms with van der Waals surface area (Å²) < 4.78 is 0. The van der Waals surface area contributed by atoms with E-state index < -0.39 is 4.92 Å². The number of carbonyl (C=O) groups is 1. The number of carbonyl (C=O) groups excluding carboxylic acids is 1. The maximum absolute atomic E-state index is 13.0. The molecule has 7 nitrogen and oxygen atoms in total. The predicted octanol–water partition coefficient (Wildman–Crippen LogP) is 5.58. The second kappa shape index (κ2) is 10.4. The summed E-state index contributed by atoms with van der Waals surface area (Å²) >= 11 is 0. The van der Waals surface area contributed by atoms with Crippen molar-refractivity contribution in [1.82, 2.24) is 9.80 Å². The number of benzene rings is 2. The van der Waals surface area contributed by atoms with Crippen LogP contribution in [-0.2, 0) is 6.54 Å². The van der Waals surface area contributed by atoms with Crippen molar-refractivity contribution in [1.29, 1.82) is 0 Å². The molecule has 3 rings (SSSR count). The van der Waals surface area contributed by atoms with Crippen LogP contribution in [0, 0.1) is 10.1 Å². The highest BCUT2D eigenvalue weighted by Crippen LogP contribution is 2.26. The van der Waals surface area contributed by atoms with Crippen LogP contribution in [0.5, 0.6) is 0 Å². The number of nitrogens with one attached hydrogen (secondary N) is 1. The molecule has 0 heterocycles. The lowest BCUT2D eigenvalue weighted by atomic mass is 9.94. The Kier molecular flexibility index (Phi) is 7.63. The molecule has 2 aromatic rings. The molecule has 1 saturated carbocycles. The first-order chi connectivity index (χ1) is 14.9. The van der Waals surface area contributed by atoms with E-state index in [4.69, 9.17) is 0 Å². The fourth-order valence-electron chi connectivity index (χ4n) is 4.20. The molecule has 0 aliphatic heterocycles. The largest absolute Gasteiger partial charge is 0.322 e. The Morgan fingerprint density at radius 1 is 1.13 bits per heavy atom. The monoisotopic (exact) mass is 424 g/mol. The number of rotatable bonds is 7. The summed E-state index contributed by atoms with van der Waals surface area (Å²) in [5, 5.41) is 14.1. The molecule has 1 atom stereocenters. The molecule has 0 radical (unpaired) electrons. The SMILES string of the molecule is C[C@H](c1cccc([N+](=O)[O-])c1)N(C)C(=O)Nc1ccccc1CN(C)C1CCCCC1. The molecule has 1 fully saturated rings. The summed E-state index contributed by atoms with van der Waals surface area (Å²) in [5.41, 5.74) is 2.62. The molecule has 31 heavy (non-hydrogen) atoms. The number of amides is 2. The maximum Gasteiger partial charge on any atom is 0.322 e. The van der Waals surface area contributed by atoms with Crippen molar-refractivity contribution in [3.63, 3.8) is 0 Å². The Morgan fingerprint density at radius 2 is 1.84 bits per heavy atom. The minimum Gasteiger partial charge on any atom is -0.321 e. The van der Waals surface area contributed by atoms with E-state index in [0.717, 1.165) is 23.4 Å². The number of nitrogens with zero attached hydrogens (tertiary/aromatic N) is 3. The molecule has 166 valence electrons. The van der Waals surface area contributed by atoms with Gasteiger partial charge in [-0.15, -0.1) is 0 Å². The summed E-state index contributed by atoms with van der Waals surface area (Å²) in [6, 6.07) is 14.3. The average Bonchev–Trinajstić information content (AvgIpc) is 2.79. The minimum absolute atomic E-state index is 0.0225. The van der Waals surface area contributed by atoms with Gasteiger partial charge in [0.15, 0.2) is 0 Å². The second-order valence-corrected chi connectivity index (χ2v) is 8.43. The Morgan fingerprint density at radius 3 is 2.55 bits per heavy atom. The third-order valence-corrected chi connectivity index (χ3v) is 6.34. The van der Waals surface area contributed by atoms with E-state index >= 15 is 0 Å². The smallest absolute Gasteiger partial charge is 0.321 e. The first kappa shape index (κ1) is 22.7. The zero-order valence-corrected chi connectivity index (χ0v) is 18.6. The van der Waals surface area contributed by atoms with Crippen molar-refractivity contribution >= 4 is 17.4 Å². The standard InChI is InChI=1S/C24H32N4O3/c1-18(19-11-9-14-22(16-19)28(30)31)27(3)24(29)25-23-15-8-7-10-20(23)17-26(2)21-12-5-4-6-13-21/h7-11,14-16,18,21H,4-6,12-13,17H2,1-3H3,(H,25,29)/t18-/m1/s1. The van der Waals surface area contributed by atoms with Crippen LogP contribution in [0.15, 0.2) is 48.5 Å². The van der Waals surface area contributed by atoms with Gasteiger partial charge in [-0.1, -0.05) is 49.6 Å². The Balaban J connectivity index is 1.68. The lowest BCUT2D eigenvalue weighted by Gasteiger charge is -2.32. The van der Waals surface area contributed by atoms with Crippen LogP contribution in [-0.4, -0.2) is 40.9 Å². The van der Waals surface area contributed by atoms with E-state index in [9.17, 15) is 14.9 Å². The van der Waals surface area contributed by atoms with E-state index in [1.54, 1.807) is 24.1 Å². The van der Waals surface area contributed by atoms with E-state index in [-0.39, 0.29) is 17.8 Å². The molecule has 0 spiro atoms. The third-order valence-electron chi connectivity index (χ3n) is 6.34. The molecule has 2 amide bonds. The van der Waals surface area contributed by atoms with Crippen molar-refractivity contribution < 1.29 is 9.72 Å². The molecule has 1 N–H and O–H groups in total. The molecule has 0 aromatic heterocycles. The van der Waals surface area contributed by atoms with Crippen molar-refractivity contribution in [3.8, 4) is 0 Å². The minimum atomic E-state index is -0.421. The molecular formula is C24H32N4O3. The zero-order valence-electron chi connectivity index (χ0n) is 18.6. The number of non-ortho nitro benzene ring substituents is 1. The van der Waals surface area contributed by atoms with Crippen LogP contribution in [0.3, 0.4) is 0 Å². The van der Waals surface area contributed by atoms with Crippen LogP contribution in [0.2, 0.25) is 0 Å². The lowest BCUT2D eigenvalue weighted by molar-refractivity contribution is -0.384. The number of nitro benzene ring substituents is 1. The highest BCUT2D eigenvalue weighted by Gasteiger charge is 2.22. The molecule has 2 aromatic carbocycles. The summed E-state index contributed by atoms with van der Waals surface area (Å²) in [4.78, 5) is 27.6. The number of urea groups is 1. The number of para-hydroxylation sites is 1. The van der Waals surface area contributed by atoms with Gasteiger partial charge in [0.25, 0.3) is 5.69 Å². The van der Waals surface area contributed by atoms with Gasteiger partial charge in [0.2, 0.25) is 0 Å². The van der Waals surface area contributed by atoms with E-state index in [1.807, 2.05) is 25.1 Å². The van der Waals surface area contributed by atoms with Crippen LogP contribution in [0.25, 0.3) is 0 Å².